The minimum atomic E-state index is -0.182. The number of carbonyl (C=O) groups excluding carboxylic acids is 2. The van der Waals surface area contributed by atoms with Gasteiger partial charge >= 0.3 is 0 Å². The maximum atomic E-state index is 12.2. The minimum absolute atomic E-state index is 0.0535. The van der Waals surface area contributed by atoms with Crippen molar-refractivity contribution in [2.45, 2.75) is 6.54 Å². The average molecular weight is 312 g/mol. The van der Waals surface area contributed by atoms with Crippen molar-refractivity contribution in [3.63, 3.8) is 0 Å². The summed E-state index contributed by atoms with van der Waals surface area (Å²) in [5, 5.41) is 2.86. The highest BCUT2D eigenvalue weighted by molar-refractivity contribution is 5.94. The Morgan fingerprint density at radius 1 is 1.04 bits per heavy atom. The van der Waals surface area contributed by atoms with Crippen LogP contribution in [0, 0.1) is 0 Å². The molecule has 2 amide bonds. The normalized spacial score (nSPS) is 10.0. The first kappa shape index (κ1) is 16.5. The summed E-state index contributed by atoms with van der Waals surface area (Å²) in [5.41, 5.74) is 1.53. The van der Waals surface area contributed by atoms with Gasteiger partial charge in [-0.3, -0.25) is 9.59 Å². The summed E-state index contributed by atoms with van der Waals surface area (Å²) in [5.74, 6) is 0.176. The Balaban J connectivity index is 1.93. The third kappa shape index (κ3) is 5.14. The van der Waals surface area contributed by atoms with Crippen molar-refractivity contribution in [3.05, 3.63) is 65.7 Å². The highest BCUT2D eigenvalue weighted by atomic mass is 16.5. The first-order valence-corrected chi connectivity index (χ1v) is 7.31. The summed E-state index contributed by atoms with van der Waals surface area (Å²) in [6, 6.07) is 16.5. The fourth-order valence-electron chi connectivity index (χ4n) is 1.88. The van der Waals surface area contributed by atoms with Gasteiger partial charge in [-0.25, -0.2) is 0 Å². The fraction of sp³-hybridized carbons (Fsp3) is 0.222. The topological polar surface area (TPSA) is 58.6 Å². The number of ether oxygens (including phenoxy) is 1. The Morgan fingerprint density at radius 2 is 1.78 bits per heavy atom. The van der Waals surface area contributed by atoms with Crippen LogP contribution in [-0.4, -0.2) is 37.4 Å². The quantitative estimate of drug-likeness (QED) is 0.888. The molecule has 0 fully saturated rings. The van der Waals surface area contributed by atoms with E-state index in [-0.39, 0.29) is 18.4 Å². The smallest absolute Gasteiger partial charge is 0.259 e. The Morgan fingerprint density at radius 3 is 2.48 bits per heavy atom. The number of carbonyl (C=O) groups is 2. The lowest BCUT2D eigenvalue weighted by molar-refractivity contribution is -0.130. The second-order valence-corrected chi connectivity index (χ2v) is 5.27. The predicted molar refractivity (Wildman–Crippen MR) is 88.2 cm³/mol. The van der Waals surface area contributed by atoms with Gasteiger partial charge in [-0.05, 0) is 23.8 Å². The van der Waals surface area contributed by atoms with E-state index in [1.54, 1.807) is 38.4 Å². The van der Waals surface area contributed by atoms with Gasteiger partial charge in [-0.15, -0.1) is 0 Å². The van der Waals surface area contributed by atoms with Gasteiger partial charge in [-0.1, -0.05) is 36.4 Å². The molecule has 2 rings (SSSR count). The van der Waals surface area contributed by atoms with E-state index in [4.69, 9.17) is 4.74 Å². The van der Waals surface area contributed by atoms with Gasteiger partial charge in [0, 0.05) is 26.2 Å². The van der Waals surface area contributed by atoms with Crippen LogP contribution in [0.5, 0.6) is 5.75 Å². The summed E-state index contributed by atoms with van der Waals surface area (Å²) in [6.07, 6.45) is 0. The molecule has 2 aromatic carbocycles. The maximum absolute atomic E-state index is 12.2. The lowest BCUT2D eigenvalue weighted by atomic mass is 10.2. The van der Waals surface area contributed by atoms with E-state index in [2.05, 4.69) is 5.32 Å². The molecule has 0 saturated carbocycles. The Bertz CT molecular complexity index is 669. The van der Waals surface area contributed by atoms with E-state index in [9.17, 15) is 9.59 Å². The number of nitrogens with one attached hydrogen (secondary N) is 1. The maximum Gasteiger partial charge on any atom is 0.259 e. The van der Waals surface area contributed by atoms with Crippen molar-refractivity contribution in [2.75, 3.05) is 20.7 Å². The molecule has 0 aliphatic carbocycles. The van der Waals surface area contributed by atoms with Gasteiger partial charge in [-0.2, -0.15) is 0 Å². The second-order valence-electron chi connectivity index (χ2n) is 5.27. The molecular formula is C18H20N2O3. The largest absolute Gasteiger partial charge is 0.484 e. The summed E-state index contributed by atoms with van der Waals surface area (Å²) < 4.78 is 5.41. The van der Waals surface area contributed by atoms with Crippen molar-refractivity contribution in [1.29, 1.82) is 0 Å². The van der Waals surface area contributed by atoms with Gasteiger partial charge < -0.3 is 15.0 Å². The first-order valence-electron chi connectivity index (χ1n) is 7.31. The zero-order valence-electron chi connectivity index (χ0n) is 13.3. The number of hydrogen-bond acceptors (Lipinski definition) is 3. The molecule has 0 radical (unpaired) electrons. The molecule has 0 spiro atoms. The molecule has 0 atom stereocenters. The van der Waals surface area contributed by atoms with Crippen LogP contribution in [-0.2, 0) is 11.3 Å². The van der Waals surface area contributed by atoms with Crippen LogP contribution >= 0.6 is 0 Å². The minimum Gasteiger partial charge on any atom is -0.484 e. The first-order chi connectivity index (χ1) is 11.1. The van der Waals surface area contributed by atoms with Crippen LogP contribution in [0.2, 0.25) is 0 Å². The molecular weight excluding hydrogens is 292 g/mol. The van der Waals surface area contributed by atoms with Crippen LogP contribution in [0.3, 0.4) is 0 Å². The van der Waals surface area contributed by atoms with Crippen LogP contribution in [0.4, 0.5) is 0 Å². The summed E-state index contributed by atoms with van der Waals surface area (Å²) in [7, 11) is 3.33. The number of likely N-dealkylation sites (N-methyl/N-ethyl adjacent to an activating group) is 1. The van der Waals surface area contributed by atoms with Crippen LogP contribution in [0.25, 0.3) is 0 Å². The van der Waals surface area contributed by atoms with E-state index < -0.39 is 0 Å². The third-order valence-corrected chi connectivity index (χ3v) is 3.25. The zero-order chi connectivity index (χ0) is 16.7. The number of hydrogen-bond donors (Lipinski definition) is 1. The van der Waals surface area contributed by atoms with Crippen molar-refractivity contribution < 1.29 is 14.3 Å². The molecule has 2 aromatic rings. The molecule has 0 aromatic heterocycles. The molecule has 5 heteroatoms. The number of amides is 2. The molecule has 120 valence electrons. The van der Waals surface area contributed by atoms with E-state index >= 15 is 0 Å². The second kappa shape index (κ2) is 7.98. The summed E-state index contributed by atoms with van der Waals surface area (Å²) in [4.78, 5) is 25.1. The Kier molecular flexibility index (Phi) is 5.74. The standard InChI is InChI=1S/C18H20N2O3/c1-20(2)17(21)13-23-16-10-6-9-15(11-16)18(22)19-12-14-7-4-3-5-8-14/h3-11H,12-13H2,1-2H3,(H,19,22). The van der Waals surface area contributed by atoms with Crippen molar-refractivity contribution in [3.8, 4) is 5.75 Å². The number of nitrogens with zero attached hydrogens (tertiary/aromatic N) is 1. The molecule has 23 heavy (non-hydrogen) atoms. The predicted octanol–water partition coefficient (Wildman–Crippen LogP) is 2.08. The molecule has 0 aliphatic heterocycles. The van der Waals surface area contributed by atoms with Crippen LogP contribution in [0.1, 0.15) is 15.9 Å². The van der Waals surface area contributed by atoms with Crippen LogP contribution in [0.15, 0.2) is 54.6 Å². The van der Waals surface area contributed by atoms with Crippen molar-refractivity contribution in [1.82, 2.24) is 10.2 Å². The van der Waals surface area contributed by atoms with Gasteiger partial charge in [0.2, 0.25) is 0 Å². The number of benzene rings is 2. The molecule has 0 heterocycles. The average Bonchev–Trinajstić information content (AvgIpc) is 2.58. The Labute approximate surface area is 135 Å². The van der Waals surface area contributed by atoms with Gasteiger partial charge in [0.15, 0.2) is 6.61 Å². The number of rotatable bonds is 6. The monoisotopic (exact) mass is 312 g/mol. The van der Waals surface area contributed by atoms with E-state index in [1.807, 2.05) is 30.3 Å². The van der Waals surface area contributed by atoms with Gasteiger partial charge in [0.25, 0.3) is 11.8 Å². The van der Waals surface area contributed by atoms with Gasteiger partial charge in [0.05, 0.1) is 0 Å². The highest BCUT2D eigenvalue weighted by Gasteiger charge is 2.08. The molecule has 0 aliphatic rings. The third-order valence-electron chi connectivity index (χ3n) is 3.25. The van der Waals surface area contributed by atoms with Gasteiger partial charge in [0.1, 0.15) is 5.75 Å². The van der Waals surface area contributed by atoms with E-state index in [0.29, 0.717) is 17.9 Å². The molecule has 5 nitrogen and oxygen atoms in total. The lowest BCUT2D eigenvalue weighted by Crippen LogP contribution is -2.27. The molecule has 0 unspecified atom stereocenters. The van der Waals surface area contributed by atoms with E-state index in [1.165, 1.54) is 4.90 Å². The highest BCUT2D eigenvalue weighted by Crippen LogP contribution is 2.13. The molecule has 0 saturated heterocycles. The van der Waals surface area contributed by atoms with Crippen molar-refractivity contribution in [2.24, 2.45) is 0 Å². The molecule has 0 bridgehead atoms. The lowest BCUT2D eigenvalue weighted by Gasteiger charge is -2.12. The van der Waals surface area contributed by atoms with Crippen LogP contribution < -0.4 is 10.1 Å². The summed E-state index contributed by atoms with van der Waals surface area (Å²) >= 11 is 0. The van der Waals surface area contributed by atoms with E-state index in [0.717, 1.165) is 5.56 Å². The van der Waals surface area contributed by atoms with Crippen molar-refractivity contribution >= 4 is 11.8 Å². The SMILES string of the molecule is CN(C)C(=O)COc1cccc(C(=O)NCc2ccccc2)c1. The fourth-order valence-corrected chi connectivity index (χ4v) is 1.88. The zero-order valence-corrected chi connectivity index (χ0v) is 13.3. The summed E-state index contributed by atoms with van der Waals surface area (Å²) in [6.45, 7) is 0.409. The molecule has 1 N–H and O–H groups in total. The Hall–Kier alpha value is -2.82.